The molecule has 3 nitrogen and oxygen atoms in total. The summed E-state index contributed by atoms with van der Waals surface area (Å²) in [6, 6.07) is 7.76. The van der Waals surface area contributed by atoms with Gasteiger partial charge in [0.2, 0.25) is 5.91 Å². The summed E-state index contributed by atoms with van der Waals surface area (Å²) in [4.78, 5) is 11.9. The standard InChI is InChI=1S/C17H26N2O/c1-13-5-4-6-14(11-13)12-19-17(20)10-9-15-7-2-3-8-16(15)18/h2-3,7-8,13-14H,4-6,9-12,18H2,1H3,(H,19,20). The summed E-state index contributed by atoms with van der Waals surface area (Å²) in [7, 11) is 0. The molecule has 20 heavy (non-hydrogen) atoms. The zero-order valence-corrected chi connectivity index (χ0v) is 12.4. The van der Waals surface area contributed by atoms with Crippen molar-refractivity contribution in [2.45, 2.75) is 45.4 Å². The van der Waals surface area contributed by atoms with Crippen molar-refractivity contribution in [1.82, 2.24) is 5.32 Å². The maximum Gasteiger partial charge on any atom is 0.220 e. The van der Waals surface area contributed by atoms with Crippen LogP contribution in [0.3, 0.4) is 0 Å². The van der Waals surface area contributed by atoms with Crippen LogP contribution in [0.2, 0.25) is 0 Å². The molecule has 0 spiro atoms. The number of nitrogens with one attached hydrogen (secondary N) is 1. The molecule has 1 aromatic rings. The van der Waals surface area contributed by atoms with Crippen molar-refractivity contribution in [2.75, 3.05) is 12.3 Å². The molecule has 2 atom stereocenters. The van der Waals surface area contributed by atoms with Crippen molar-refractivity contribution < 1.29 is 4.79 Å². The highest BCUT2D eigenvalue weighted by Crippen LogP contribution is 2.27. The average molecular weight is 274 g/mol. The van der Waals surface area contributed by atoms with E-state index >= 15 is 0 Å². The minimum Gasteiger partial charge on any atom is -0.399 e. The van der Waals surface area contributed by atoms with Crippen molar-refractivity contribution in [2.24, 2.45) is 11.8 Å². The second kappa shape index (κ2) is 7.32. The van der Waals surface area contributed by atoms with Gasteiger partial charge < -0.3 is 11.1 Å². The number of rotatable bonds is 5. The molecule has 1 amide bonds. The van der Waals surface area contributed by atoms with E-state index in [-0.39, 0.29) is 5.91 Å². The van der Waals surface area contributed by atoms with Gasteiger partial charge >= 0.3 is 0 Å². The number of para-hydroxylation sites is 1. The van der Waals surface area contributed by atoms with Crippen LogP contribution in [0.1, 0.15) is 44.6 Å². The lowest BCUT2D eigenvalue weighted by molar-refractivity contribution is -0.121. The van der Waals surface area contributed by atoms with E-state index in [1.165, 1.54) is 25.7 Å². The van der Waals surface area contributed by atoms with Crippen molar-refractivity contribution >= 4 is 11.6 Å². The second-order valence-corrected chi connectivity index (χ2v) is 6.14. The van der Waals surface area contributed by atoms with E-state index in [2.05, 4.69) is 12.2 Å². The highest BCUT2D eigenvalue weighted by Gasteiger charge is 2.19. The zero-order valence-electron chi connectivity index (χ0n) is 12.4. The quantitative estimate of drug-likeness (QED) is 0.810. The normalized spacial score (nSPS) is 22.4. The van der Waals surface area contributed by atoms with Gasteiger partial charge in [0.25, 0.3) is 0 Å². The number of aryl methyl sites for hydroxylation is 1. The first-order valence-electron chi connectivity index (χ1n) is 7.75. The molecule has 1 aromatic carbocycles. The first kappa shape index (κ1) is 14.9. The first-order valence-corrected chi connectivity index (χ1v) is 7.75. The molecule has 3 heteroatoms. The van der Waals surface area contributed by atoms with Gasteiger partial charge in [-0.05, 0) is 42.7 Å². The average Bonchev–Trinajstić information content (AvgIpc) is 2.44. The molecule has 110 valence electrons. The van der Waals surface area contributed by atoms with Crippen LogP contribution in [-0.2, 0) is 11.2 Å². The largest absolute Gasteiger partial charge is 0.399 e. The molecular formula is C17H26N2O. The van der Waals surface area contributed by atoms with Crippen LogP contribution in [0.5, 0.6) is 0 Å². The fourth-order valence-electron chi connectivity index (χ4n) is 3.10. The number of anilines is 1. The molecule has 0 aliphatic heterocycles. The monoisotopic (exact) mass is 274 g/mol. The van der Waals surface area contributed by atoms with Crippen LogP contribution in [-0.4, -0.2) is 12.5 Å². The molecule has 0 radical (unpaired) electrons. The summed E-state index contributed by atoms with van der Waals surface area (Å²) < 4.78 is 0. The Hall–Kier alpha value is -1.51. The Balaban J connectivity index is 1.69. The molecule has 3 N–H and O–H groups in total. The van der Waals surface area contributed by atoms with E-state index < -0.39 is 0 Å². The Morgan fingerprint density at radius 2 is 2.15 bits per heavy atom. The van der Waals surface area contributed by atoms with E-state index in [1.807, 2.05) is 24.3 Å². The lowest BCUT2D eigenvalue weighted by Crippen LogP contribution is -2.31. The Bertz CT molecular complexity index is 444. The maximum atomic E-state index is 11.9. The van der Waals surface area contributed by atoms with Gasteiger partial charge in [-0.25, -0.2) is 0 Å². The van der Waals surface area contributed by atoms with E-state index in [9.17, 15) is 4.79 Å². The number of carbonyl (C=O) groups excluding carboxylic acids is 1. The third-order valence-corrected chi connectivity index (χ3v) is 4.31. The summed E-state index contributed by atoms with van der Waals surface area (Å²) in [5.41, 5.74) is 7.72. The minimum absolute atomic E-state index is 0.145. The minimum atomic E-state index is 0.145. The summed E-state index contributed by atoms with van der Waals surface area (Å²) >= 11 is 0. The van der Waals surface area contributed by atoms with Crippen LogP contribution < -0.4 is 11.1 Å². The van der Waals surface area contributed by atoms with E-state index in [1.54, 1.807) is 0 Å². The highest BCUT2D eigenvalue weighted by molar-refractivity contribution is 5.76. The fraction of sp³-hybridized carbons (Fsp3) is 0.588. The van der Waals surface area contributed by atoms with Crippen LogP contribution in [0, 0.1) is 11.8 Å². The van der Waals surface area contributed by atoms with Crippen molar-refractivity contribution in [3.8, 4) is 0 Å². The molecule has 1 aliphatic carbocycles. The third-order valence-electron chi connectivity index (χ3n) is 4.31. The maximum absolute atomic E-state index is 11.9. The number of hydrogen-bond acceptors (Lipinski definition) is 2. The van der Waals surface area contributed by atoms with E-state index in [0.717, 1.165) is 30.1 Å². The number of benzene rings is 1. The molecule has 2 unspecified atom stereocenters. The van der Waals surface area contributed by atoms with Gasteiger partial charge in [0.15, 0.2) is 0 Å². The van der Waals surface area contributed by atoms with Crippen molar-refractivity contribution in [3.63, 3.8) is 0 Å². The van der Waals surface area contributed by atoms with Gasteiger partial charge in [0.1, 0.15) is 0 Å². The van der Waals surface area contributed by atoms with Gasteiger partial charge in [0, 0.05) is 18.7 Å². The van der Waals surface area contributed by atoms with Crippen molar-refractivity contribution in [3.05, 3.63) is 29.8 Å². The molecule has 0 heterocycles. The van der Waals surface area contributed by atoms with Crippen LogP contribution in [0.15, 0.2) is 24.3 Å². The van der Waals surface area contributed by atoms with Crippen LogP contribution >= 0.6 is 0 Å². The van der Waals surface area contributed by atoms with Gasteiger partial charge in [-0.1, -0.05) is 38.0 Å². The fourth-order valence-corrected chi connectivity index (χ4v) is 3.10. The summed E-state index contributed by atoms with van der Waals surface area (Å²) in [5, 5.41) is 3.08. The smallest absolute Gasteiger partial charge is 0.220 e. The SMILES string of the molecule is CC1CCCC(CNC(=O)CCc2ccccc2N)C1. The lowest BCUT2D eigenvalue weighted by Gasteiger charge is -2.26. The third kappa shape index (κ3) is 4.55. The van der Waals surface area contributed by atoms with E-state index in [0.29, 0.717) is 12.3 Å². The van der Waals surface area contributed by atoms with Crippen molar-refractivity contribution in [1.29, 1.82) is 0 Å². The molecule has 0 saturated heterocycles. The molecule has 0 aromatic heterocycles. The molecule has 1 saturated carbocycles. The predicted octanol–water partition coefficient (Wildman–Crippen LogP) is 3.14. The Kier molecular flexibility index (Phi) is 5.45. The number of carbonyl (C=O) groups is 1. The number of hydrogen-bond donors (Lipinski definition) is 2. The predicted molar refractivity (Wildman–Crippen MR) is 83.3 cm³/mol. The highest BCUT2D eigenvalue weighted by atomic mass is 16.1. The molecule has 0 bridgehead atoms. The van der Waals surface area contributed by atoms with Gasteiger partial charge in [-0.2, -0.15) is 0 Å². The van der Waals surface area contributed by atoms with E-state index in [4.69, 9.17) is 5.73 Å². The van der Waals surface area contributed by atoms with Crippen LogP contribution in [0.4, 0.5) is 5.69 Å². The number of amides is 1. The van der Waals surface area contributed by atoms with Gasteiger partial charge in [-0.3, -0.25) is 4.79 Å². The number of nitrogen functional groups attached to an aromatic ring is 1. The number of nitrogens with two attached hydrogens (primary N) is 1. The Morgan fingerprint density at radius 3 is 2.90 bits per heavy atom. The van der Waals surface area contributed by atoms with Crippen LogP contribution in [0.25, 0.3) is 0 Å². The Morgan fingerprint density at radius 1 is 1.35 bits per heavy atom. The Labute approximate surface area is 121 Å². The summed E-state index contributed by atoms with van der Waals surface area (Å²) in [5.74, 6) is 1.63. The topological polar surface area (TPSA) is 55.1 Å². The van der Waals surface area contributed by atoms with Gasteiger partial charge in [-0.15, -0.1) is 0 Å². The molecule has 1 fully saturated rings. The first-order chi connectivity index (χ1) is 9.65. The molecular weight excluding hydrogens is 248 g/mol. The van der Waals surface area contributed by atoms with Gasteiger partial charge in [0.05, 0.1) is 0 Å². The zero-order chi connectivity index (χ0) is 14.4. The molecule has 1 aliphatic rings. The molecule has 2 rings (SSSR count). The second-order valence-electron chi connectivity index (χ2n) is 6.14. The summed E-state index contributed by atoms with van der Waals surface area (Å²) in [6.45, 7) is 3.15. The lowest BCUT2D eigenvalue weighted by atomic mass is 9.82. The summed E-state index contributed by atoms with van der Waals surface area (Å²) in [6.07, 6.45) is 6.41.